The quantitative estimate of drug-likeness (QED) is 0.756. The molecule has 108 valence electrons. The molecule has 2 N–H and O–H groups in total. The zero-order valence-electron chi connectivity index (χ0n) is 11.3. The monoisotopic (exact) mass is 323 g/mol. The van der Waals surface area contributed by atoms with E-state index < -0.39 is 5.82 Å². The van der Waals surface area contributed by atoms with Crippen molar-refractivity contribution in [1.29, 1.82) is 0 Å². The van der Waals surface area contributed by atoms with Gasteiger partial charge < -0.3 is 10.3 Å². The van der Waals surface area contributed by atoms with E-state index in [0.29, 0.717) is 16.8 Å². The highest BCUT2D eigenvalue weighted by molar-refractivity contribution is 7.15. The summed E-state index contributed by atoms with van der Waals surface area (Å²) in [5, 5.41) is 5.19. The van der Waals surface area contributed by atoms with Crippen LogP contribution in [0.1, 0.15) is 10.7 Å². The van der Waals surface area contributed by atoms with Crippen LogP contribution < -0.4 is 5.73 Å². The Bertz CT molecular complexity index is 828. The summed E-state index contributed by atoms with van der Waals surface area (Å²) in [6, 6.07) is 4.12. The normalized spacial score (nSPS) is 11.0. The molecule has 0 fully saturated rings. The smallest absolute Gasteiger partial charge is 0.230 e. The molecule has 0 radical (unpaired) electrons. The molecule has 0 aliphatic heterocycles. The topological polar surface area (TPSA) is 64.9 Å². The third-order valence-electron chi connectivity index (χ3n) is 3.04. The van der Waals surface area contributed by atoms with Crippen LogP contribution in [-0.2, 0) is 0 Å². The first-order chi connectivity index (χ1) is 9.97. The van der Waals surface area contributed by atoms with Gasteiger partial charge in [0.25, 0.3) is 0 Å². The summed E-state index contributed by atoms with van der Waals surface area (Å²) in [5.41, 5.74) is 8.43. The van der Waals surface area contributed by atoms with E-state index in [0.717, 1.165) is 15.6 Å². The summed E-state index contributed by atoms with van der Waals surface area (Å²) in [4.78, 5) is 5.24. The van der Waals surface area contributed by atoms with Gasteiger partial charge in [0.1, 0.15) is 11.5 Å². The summed E-state index contributed by atoms with van der Waals surface area (Å²) in [5.74, 6) is -0.269. The first-order valence-electron chi connectivity index (χ1n) is 6.12. The number of rotatable bonds is 2. The molecule has 0 aliphatic carbocycles. The van der Waals surface area contributed by atoms with Crippen molar-refractivity contribution in [3.63, 3.8) is 0 Å². The van der Waals surface area contributed by atoms with Crippen LogP contribution in [0.25, 0.3) is 21.7 Å². The Labute approximate surface area is 129 Å². The number of hydrogen-bond donors (Lipinski definition) is 1. The highest BCUT2D eigenvalue weighted by Crippen LogP contribution is 2.42. The molecule has 0 atom stereocenters. The standard InChI is InChI=1S/C14H11ClFN3OS/c1-6-13(21-7(2)18-6)12-11(14(17)20-19-12)9-4-3-8(16)5-10(9)15/h3-5H,17H2,1-2H3. The molecule has 0 saturated heterocycles. The molecule has 0 amide bonds. The van der Waals surface area contributed by atoms with E-state index in [1.54, 1.807) is 6.07 Å². The van der Waals surface area contributed by atoms with Gasteiger partial charge >= 0.3 is 0 Å². The van der Waals surface area contributed by atoms with Gasteiger partial charge in [-0.3, -0.25) is 0 Å². The number of benzene rings is 1. The summed E-state index contributed by atoms with van der Waals surface area (Å²) < 4.78 is 18.3. The fraction of sp³-hybridized carbons (Fsp3) is 0.143. The van der Waals surface area contributed by atoms with Crippen LogP contribution in [-0.4, -0.2) is 10.1 Å². The van der Waals surface area contributed by atoms with Crippen molar-refractivity contribution in [3.8, 4) is 21.7 Å². The maximum atomic E-state index is 13.2. The number of nitrogens with zero attached hydrogens (tertiary/aromatic N) is 2. The number of halogens is 2. The maximum Gasteiger partial charge on any atom is 0.230 e. The van der Waals surface area contributed by atoms with Crippen LogP contribution in [0.5, 0.6) is 0 Å². The molecule has 3 rings (SSSR count). The lowest BCUT2D eigenvalue weighted by Crippen LogP contribution is -1.89. The van der Waals surface area contributed by atoms with E-state index in [-0.39, 0.29) is 10.9 Å². The lowest BCUT2D eigenvalue weighted by atomic mass is 10.0. The molecule has 0 spiro atoms. The van der Waals surface area contributed by atoms with E-state index in [1.807, 2.05) is 13.8 Å². The van der Waals surface area contributed by atoms with Crippen molar-refractivity contribution in [2.45, 2.75) is 13.8 Å². The minimum Gasteiger partial charge on any atom is -0.367 e. The number of nitrogens with two attached hydrogens (primary N) is 1. The lowest BCUT2D eigenvalue weighted by Gasteiger charge is -2.04. The van der Waals surface area contributed by atoms with Crippen molar-refractivity contribution in [2.75, 3.05) is 5.73 Å². The van der Waals surface area contributed by atoms with Crippen LogP contribution in [0.2, 0.25) is 5.02 Å². The number of thiazole rings is 1. The first-order valence-corrected chi connectivity index (χ1v) is 7.31. The minimum atomic E-state index is -0.412. The first kappa shape index (κ1) is 14.0. The Morgan fingerprint density at radius 3 is 2.71 bits per heavy atom. The van der Waals surface area contributed by atoms with Crippen molar-refractivity contribution in [1.82, 2.24) is 10.1 Å². The lowest BCUT2D eigenvalue weighted by molar-refractivity contribution is 0.439. The molecule has 7 heteroatoms. The van der Waals surface area contributed by atoms with Crippen molar-refractivity contribution in [3.05, 3.63) is 39.7 Å². The number of aryl methyl sites for hydroxylation is 2. The second kappa shape index (κ2) is 5.13. The summed E-state index contributed by atoms with van der Waals surface area (Å²) >= 11 is 7.61. The number of nitrogen functional groups attached to an aromatic ring is 1. The predicted molar refractivity (Wildman–Crippen MR) is 81.9 cm³/mol. The molecule has 2 heterocycles. The largest absolute Gasteiger partial charge is 0.367 e. The Morgan fingerprint density at radius 1 is 1.33 bits per heavy atom. The summed E-state index contributed by atoms with van der Waals surface area (Å²) in [7, 11) is 0. The molecule has 2 aromatic heterocycles. The average molecular weight is 324 g/mol. The fourth-order valence-corrected chi connectivity index (χ4v) is 3.33. The van der Waals surface area contributed by atoms with Crippen LogP contribution >= 0.6 is 22.9 Å². The van der Waals surface area contributed by atoms with Crippen LogP contribution in [0, 0.1) is 19.7 Å². The zero-order valence-corrected chi connectivity index (χ0v) is 12.8. The summed E-state index contributed by atoms with van der Waals surface area (Å²) in [6.45, 7) is 3.80. The van der Waals surface area contributed by atoms with Gasteiger partial charge in [0.2, 0.25) is 5.88 Å². The van der Waals surface area contributed by atoms with Gasteiger partial charge in [-0.2, -0.15) is 0 Å². The van der Waals surface area contributed by atoms with Gasteiger partial charge in [-0.1, -0.05) is 16.8 Å². The number of anilines is 1. The van der Waals surface area contributed by atoms with Crippen LogP contribution in [0.15, 0.2) is 22.7 Å². The van der Waals surface area contributed by atoms with E-state index in [1.165, 1.54) is 23.5 Å². The Kier molecular flexibility index (Phi) is 3.43. The molecule has 0 saturated carbocycles. The van der Waals surface area contributed by atoms with Crippen molar-refractivity contribution < 1.29 is 8.91 Å². The second-order valence-electron chi connectivity index (χ2n) is 4.54. The molecule has 0 aliphatic rings. The van der Waals surface area contributed by atoms with Gasteiger partial charge in [-0.05, 0) is 32.0 Å². The number of hydrogen-bond acceptors (Lipinski definition) is 5. The van der Waals surface area contributed by atoms with Crippen LogP contribution in [0.3, 0.4) is 0 Å². The second-order valence-corrected chi connectivity index (χ2v) is 6.15. The maximum absolute atomic E-state index is 13.2. The Balaban J connectivity index is 2.24. The van der Waals surface area contributed by atoms with E-state index in [9.17, 15) is 4.39 Å². The van der Waals surface area contributed by atoms with E-state index in [4.69, 9.17) is 21.9 Å². The molecular weight excluding hydrogens is 313 g/mol. The average Bonchev–Trinajstić information content (AvgIpc) is 2.93. The Morgan fingerprint density at radius 2 is 2.10 bits per heavy atom. The van der Waals surface area contributed by atoms with Gasteiger partial charge in [0, 0.05) is 5.56 Å². The molecule has 0 bridgehead atoms. The zero-order chi connectivity index (χ0) is 15.1. The molecule has 4 nitrogen and oxygen atoms in total. The van der Waals surface area contributed by atoms with E-state index in [2.05, 4.69) is 10.1 Å². The fourth-order valence-electron chi connectivity index (χ4n) is 2.16. The SMILES string of the molecule is Cc1nc(C)c(-c2noc(N)c2-c2ccc(F)cc2Cl)s1. The third kappa shape index (κ3) is 2.41. The Hall–Kier alpha value is -1.92. The van der Waals surface area contributed by atoms with Crippen LogP contribution in [0.4, 0.5) is 10.3 Å². The number of aromatic nitrogens is 2. The van der Waals surface area contributed by atoms with Gasteiger partial charge in [0.05, 0.1) is 26.2 Å². The summed E-state index contributed by atoms with van der Waals surface area (Å²) in [6.07, 6.45) is 0. The van der Waals surface area contributed by atoms with Crippen molar-refractivity contribution >= 4 is 28.8 Å². The molecule has 3 aromatic rings. The van der Waals surface area contributed by atoms with Crippen molar-refractivity contribution in [2.24, 2.45) is 0 Å². The third-order valence-corrected chi connectivity index (χ3v) is 4.43. The highest BCUT2D eigenvalue weighted by atomic mass is 35.5. The predicted octanol–water partition coefficient (Wildman–Crippen LogP) is 4.46. The molecule has 0 unspecified atom stereocenters. The highest BCUT2D eigenvalue weighted by Gasteiger charge is 2.23. The molecule has 1 aromatic carbocycles. The van der Waals surface area contributed by atoms with Gasteiger partial charge in [0.15, 0.2) is 0 Å². The van der Waals surface area contributed by atoms with E-state index >= 15 is 0 Å². The van der Waals surface area contributed by atoms with Gasteiger partial charge in [-0.25, -0.2) is 9.37 Å². The molecular formula is C14H11ClFN3OS. The minimum absolute atomic E-state index is 0.143. The van der Waals surface area contributed by atoms with Gasteiger partial charge in [-0.15, -0.1) is 11.3 Å². The molecule has 21 heavy (non-hydrogen) atoms.